The SMILES string of the molecule is CC/C(=C\OC(C)=O)CCCCN(Cc1ccccc1)Cc1ccccc1. The molecule has 2 aromatic carbocycles. The van der Waals surface area contributed by atoms with Gasteiger partial charge in [0.15, 0.2) is 0 Å². The maximum Gasteiger partial charge on any atom is 0.307 e. The van der Waals surface area contributed by atoms with Crippen LogP contribution in [0.25, 0.3) is 0 Å². The fraction of sp³-hybridized carbons (Fsp3) is 0.375. The quantitative estimate of drug-likeness (QED) is 0.290. The Morgan fingerprint density at radius 3 is 1.96 bits per heavy atom. The van der Waals surface area contributed by atoms with Crippen molar-refractivity contribution in [2.75, 3.05) is 6.54 Å². The molecule has 0 amide bonds. The first kappa shape index (κ1) is 20.9. The first-order valence-corrected chi connectivity index (χ1v) is 9.82. The molecule has 0 aliphatic carbocycles. The van der Waals surface area contributed by atoms with Crippen LogP contribution in [0.3, 0.4) is 0 Å². The van der Waals surface area contributed by atoms with Crippen LogP contribution in [0.1, 0.15) is 50.7 Å². The molecular formula is C24H31NO2. The van der Waals surface area contributed by atoms with E-state index >= 15 is 0 Å². The number of benzene rings is 2. The van der Waals surface area contributed by atoms with Gasteiger partial charge in [0.1, 0.15) is 0 Å². The molecule has 0 radical (unpaired) electrons. The highest BCUT2D eigenvalue weighted by Gasteiger charge is 2.07. The zero-order valence-corrected chi connectivity index (χ0v) is 16.6. The van der Waals surface area contributed by atoms with E-state index in [-0.39, 0.29) is 5.97 Å². The first-order chi connectivity index (χ1) is 13.2. The molecule has 0 aliphatic heterocycles. The molecule has 0 spiro atoms. The molecule has 0 aliphatic rings. The van der Waals surface area contributed by atoms with Crippen molar-refractivity contribution in [3.05, 3.63) is 83.6 Å². The van der Waals surface area contributed by atoms with Gasteiger partial charge in [0.2, 0.25) is 0 Å². The van der Waals surface area contributed by atoms with Gasteiger partial charge in [0.05, 0.1) is 6.26 Å². The van der Waals surface area contributed by atoms with Crippen molar-refractivity contribution in [3.63, 3.8) is 0 Å². The van der Waals surface area contributed by atoms with Gasteiger partial charge in [-0.25, -0.2) is 0 Å². The van der Waals surface area contributed by atoms with Crippen LogP contribution >= 0.6 is 0 Å². The molecule has 3 nitrogen and oxygen atoms in total. The highest BCUT2D eigenvalue weighted by molar-refractivity contribution is 5.66. The Morgan fingerprint density at radius 2 is 1.48 bits per heavy atom. The number of unbranched alkanes of at least 4 members (excludes halogenated alkanes) is 1. The maximum absolute atomic E-state index is 11.0. The molecule has 0 saturated heterocycles. The molecule has 0 fully saturated rings. The Balaban J connectivity index is 1.87. The second-order valence-corrected chi connectivity index (χ2v) is 6.88. The van der Waals surface area contributed by atoms with Gasteiger partial charge >= 0.3 is 5.97 Å². The van der Waals surface area contributed by atoms with Crippen LogP contribution < -0.4 is 0 Å². The van der Waals surface area contributed by atoms with Crippen LogP contribution in [0, 0.1) is 0 Å². The summed E-state index contributed by atoms with van der Waals surface area (Å²) in [6.07, 6.45) is 5.76. The third-order valence-corrected chi connectivity index (χ3v) is 4.57. The number of rotatable bonds is 11. The summed E-state index contributed by atoms with van der Waals surface area (Å²) in [5.41, 5.74) is 3.89. The maximum atomic E-state index is 11.0. The lowest BCUT2D eigenvalue weighted by atomic mass is 10.1. The van der Waals surface area contributed by atoms with E-state index in [1.54, 1.807) is 6.26 Å². The number of carbonyl (C=O) groups is 1. The van der Waals surface area contributed by atoms with Crippen LogP contribution in [0.15, 0.2) is 72.5 Å². The largest absolute Gasteiger partial charge is 0.435 e. The van der Waals surface area contributed by atoms with Gasteiger partial charge in [-0.2, -0.15) is 0 Å². The molecule has 0 atom stereocenters. The van der Waals surface area contributed by atoms with Crippen molar-refractivity contribution in [2.45, 2.75) is 52.6 Å². The molecule has 0 heterocycles. The minimum absolute atomic E-state index is 0.252. The molecule has 0 bridgehead atoms. The smallest absolute Gasteiger partial charge is 0.307 e. The minimum atomic E-state index is -0.252. The van der Waals surface area contributed by atoms with E-state index in [4.69, 9.17) is 4.74 Å². The highest BCUT2D eigenvalue weighted by Crippen LogP contribution is 2.15. The monoisotopic (exact) mass is 365 g/mol. The van der Waals surface area contributed by atoms with E-state index in [0.29, 0.717) is 0 Å². The van der Waals surface area contributed by atoms with Crippen molar-refractivity contribution in [2.24, 2.45) is 0 Å². The van der Waals surface area contributed by atoms with Crippen molar-refractivity contribution in [1.82, 2.24) is 4.90 Å². The van der Waals surface area contributed by atoms with E-state index < -0.39 is 0 Å². The second kappa shape index (κ2) is 12.1. The minimum Gasteiger partial charge on any atom is -0.435 e. The van der Waals surface area contributed by atoms with Gasteiger partial charge in [-0.3, -0.25) is 9.69 Å². The van der Waals surface area contributed by atoms with Gasteiger partial charge in [-0.1, -0.05) is 67.6 Å². The number of ether oxygens (including phenoxy) is 1. The van der Waals surface area contributed by atoms with Crippen LogP contribution in [0.2, 0.25) is 0 Å². The predicted octanol–water partition coefficient (Wildman–Crippen LogP) is 5.72. The van der Waals surface area contributed by atoms with E-state index in [1.807, 2.05) is 0 Å². The zero-order valence-electron chi connectivity index (χ0n) is 16.6. The fourth-order valence-electron chi connectivity index (χ4n) is 3.07. The van der Waals surface area contributed by atoms with Gasteiger partial charge < -0.3 is 4.74 Å². The summed E-state index contributed by atoms with van der Waals surface area (Å²) in [5.74, 6) is -0.252. The average molecular weight is 366 g/mol. The molecule has 144 valence electrons. The molecule has 0 saturated carbocycles. The summed E-state index contributed by atoms with van der Waals surface area (Å²) in [5, 5.41) is 0. The molecule has 2 aromatic rings. The van der Waals surface area contributed by atoms with E-state index in [1.165, 1.54) is 23.6 Å². The van der Waals surface area contributed by atoms with E-state index in [9.17, 15) is 4.79 Å². The Hall–Kier alpha value is -2.39. The Morgan fingerprint density at radius 1 is 0.926 bits per heavy atom. The van der Waals surface area contributed by atoms with Crippen molar-refractivity contribution < 1.29 is 9.53 Å². The topological polar surface area (TPSA) is 29.5 Å². The summed E-state index contributed by atoms with van der Waals surface area (Å²) in [4.78, 5) is 13.5. The van der Waals surface area contributed by atoms with Crippen LogP contribution in [-0.2, 0) is 22.6 Å². The standard InChI is InChI=1S/C24H31NO2/c1-3-22(20-27-21(2)26)12-10-11-17-25(18-23-13-6-4-7-14-23)19-24-15-8-5-9-16-24/h4-9,13-16,20H,3,10-12,17-19H2,1-2H3/b22-20+. The first-order valence-electron chi connectivity index (χ1n) is 9.82. The number of nitrogens with zero attached hydrogens (tertiary/aromatic N) is 1. The number of allylic oxidation sites excluding steroid dienone is 1. The van der Waals surface area contributed by atoms with E-state index in [0.717, 1.165) is 45.3 Å². The fourth-order valence-corrected chi connectivity index (χ4v) is 3.07. The van der Waals surface area contributed by atoms with Crippen molar-refractivity contribution >= 4 is 5.97 Å². The van der Waals surface area contributed by atoms with Gasteiger partial charge in [-0.15, -0.1) is 0 Å². The number of esters is 1. The van der Waals surface area contributed by atoms with Crippen LogP contribution in [0.5, 0.6) is 0 Å². The molecule has 0 N–H and O–H groups in total. The van der Waals surface area contributed by atoms with Crippen molar-refractivity contribution in [3.8, 4) is 0 Å². The molecule has 27 heavy (non-hydrogen) atoms. The summed E-state index contributed by atoms with van der Waals surface area (Å²) < 4.78 is 5.02. The van der Waals surface area contributed by atoms with Gasteiger partial charge in [0, 0.05) is 20.0 Å². The van der Waals surface area contributed by atoms with E-state index in [2.05, 4.69) is 72.5 Å². The van der Waals surface area contributed by atoms with Gasteiger partial charge in [-0.05, 0) is 48.9 Å². The lowest BCUT2D eigenvalue weighted by molar-refractivity contribution is -0.135. The van der Waals surface area contributed by atoms with Crippen LogP contribution in [0.4, 0.5) is 0 Å². The third-order valence-electron chi connectivity index (χ3n) is 4.57. The number of hydrogen-bond donors (Lipinski definition) is 0. The summed E-state index contributed by atoms with van der Waals surface area (Å²) in [6, 6.07) is 21.3. The Bertz CT molecular complexity index is 653. The number of hydrogen-bond acceptors (Lipinski definition) is 3. The normalized spacial score (nSPS) is 11.6. The molecule has 3 heteroatoms. The number of carbonyl (C=O) groups excluding carboxylic acids is 1. The molecule has 0 aromatic heterocycles. The second-order valence-electron chi connectivity index (χ2n) is 6.88. The Labute approximate surface area is 163 Å². The lowest BCUT2D eigenvalue weighted by Gasteiger charge is -2.23. The van der Waals surface area contributed by atoms with Crippen molar-refractivity contribution in [1.29, 1.82) is 0 Å². The molecule has 0 unspecified atom stereocenters. The molecule has 2 rings (SSSR count). The Kier molecular flexibility index (Phi) is 9.36. The summed E-state index contributed by atoms with van der Waals surface area (Å²) >= 11 is 0. The lowest BCUT2D eigenvalue weighted by Crippen LogP contribution is -2.24. The van der Waals surface area contributed by atoms with Crippen LogP contribution in [-0.4, -0.2) is 17.4 Å². The summed E-state index contributed by atoms with van der Waals surface area (Å²) in [6.45, 7) is 6.51. The predicted molar refractivity (Wildman–Crippen MR) is 111 cm³/mol. The van der Waals surface area contributed by atoms with Gasteiger partial charge in [0.25, 0.3) is 0 Å². The zero-order chi connectivity index (χ0) is 19.3. The third kappa shape index (κ3) is 8.69. The molecular weight excluding hydrogens is 334 g/mol. The average Bonchev–Trinajstić information content (AvgIpc) is 2.68. The highest BCUT2D eigenvalue weighted by atomic mass is 16.5. The summed E-state index contributed by atoms with van der Waals surface area (Å²) in [7, 11) is 0.